The highest BCUT2D eigenvalue weighted by atomic mass is 127. The molecular weight excluding hydrogens is 471 g/mol. The van der Waals surface area contributed by atoms with Gasteiger partial charge in [0.25, 0.3) is 0 Å². The number of rotatable bonds is 14. The molecule has 1 aromatic carbocycles. The highest BCUT2D eigenvalue weighted by Gasteiger charge is 2.06. The smallest absolute Gasteiger partial charge is 0.306 e. The van der Waals surface area contributed by atoms with Crippen molar-refractivity contribution in [3.8, 4) is 18.1 Å². The normalized spacial score (nSPS) is 10.0. The van der Waals surface area contributed by atoms with Crippen LogP contribution in [0.3, 0.4) is 0 Å². The average Bonchev–Trinajstić information content (AvgIpc) is 2.69. The summed E-state index contributed by atoms with van der Waals surface area (Å²) in [6, 6.07) is 7.71. The van der Waals surface area contributed by atoms with Gasteiger partial charge in [-0.15, -0.1) is 6.42 Å². The van der Waals surface area contributed by atoms with Crippen LogP contribution in [0.2, 0.25) is 0 Å². The fourth-order valence-electron chi connectivity index (χ4n) is 2.30. The lowest BCUT2D eigenvalue weighted by Crippen LogP contribution is -2.11. The molecule has 0 aliphatic heterocycles. The van der Waals surface area contributed by atoms with E-state index >= 15 is 0 Å². The molecule has 0 amide bonds. The molecule has 1 rings (SSSR count). The van der Waals surface area contributed by atoms with Crippen LogP contribution < -0.4 is 4.74 Å². The van der Waals surface area contributed by atoms with E-state index in [-0.39, 0.29) is 25.2 Å². The molecule has 0 atom stereocenters. The van der Waals surface area contributed by atoms with Gasteiger partial charge in [0.05, 0.1) is 3.57 Å². The number of benzene rings is 1. The molecule has 28 heavy (non-hydrogen) atoms. The van der Waals surface area contributed by atoms with Crippen LogP contribution in [0.5, 0.6) is 5.75 Å². The van der Waals surface area contributed by atoms with Crippen LogP contribution in [-0.2, 0) is 19.1 Å². The summed E-state index contributed by atoms with van der Waals surface area (Å²) in [5.41, 5.74) is 0.713. The number of ether oxygens (including phenoxy) is 3. The predicted octanol–water partition coefficient (Wildman–Crippen LogP) is 4.68. The number of terminal acetylenes is 1. The van der Waals surface area contributed by atoms with Gasteiger partial charge in [0, 0.05) is 12.8 Å². The lowest BCUT2D eigenvalue weighted by atomic mass is 10.1. The lowest BCUT2D eigenvalue weighted by Gasteiger charge is -2.10. The lowest BCUT2D eigenvalue weighted by molar-refractivity contribution is -0.143. The Morgan fingerprint density at radius 1 is 0.964 bits per heavy atom. The maximum atomic E-state index is 11.8. The van der Waals surface area contributed by atoms with Crippen molar-refractivity contribution < 1.29 is 23.8 Å². The van der Waals surface area contributed by atoms with Crippen molar-refractivity contribution in [1.82, 2.24) is 0 Å². The summed E-state index contributed by atoms with van der Waals surface area (Å²) >= 11 is 2.20. The Bertz CT molecular complexity index is 678. The van der Waals surface area contributed by atoms with Gasteiger partial charge in [-0.1, -0.05) is 43.9 Å². The molecule has 5 nitrogen and oxygen atoms in total. The van der Waals surface area contributed by atoms with Gasteiger partial charge in [-0.05, 0) is 53.1 Å². The molecule has 0 bridgehead atoms. The second-order valence-corrected chi connectivity index (χ2v) is 7.42. The molecule has 6 heteroatoms. The summed E-state index contributed by atoms with van der Waals surface area (Å²) in [5.74, 6) is 2.57. The van der Waals surface area contributed by atoms with Crippen molar-refractivity contribution in [2.24, 2.45) is 0 Å². The second-order valence-electron chi connectivity index (χ2n) is 6.26. The van der Waals surface area contributed by atoms with Gasteiger partial charge in [-0.3, -0.25) is 9.59 Å². The first-order chi connectivity index (χ1) is 13.5. The molecule has 0 aliphatic carbocycles. The molecule has 0 saturated carbocycles. The van der Waals surface area contributed by atoms with Crippen molar-refractivity contribution in [2.75, 3.05) is 19.8 Å². The maximum Gasteiger partial charge on any atom is 0.306 e. The summed E-state index contributed by atoms with van der Waals surface area (Å²) in [7, 11) is 0. The van der Waals surface area contributed by atoms with Crippen LogP contribution >= 0.6 is 22.6 Å². The van der Waals surface area contributed by atoms with Crippen molar-refractivity contribution >= 4 is 34.5 Å². The number of carbonyl (C=O) groups excluding carboxylic acids is 2. The summed E-state index contributed by atoms with van der Waals surface area (Å²) in [4.78, 5) is 23.0. The SMILES string of the molecule is C#CCOC(=O)CCCCCCCC(=O)OCC(=C)COc1ccccc1I. The molecule has 0 saturated heterocycles. The first-order valence-corrected chi connectivity index (χ1v) is 10.4. The molecule has 0 heterocycles. The summed E-state index contributed by atoms with van der Waals surface area (Å²) in [5, 5.41) is 0. The molecule has 0 radical (unpaired) electrons. The monoisotopic (exact) mass is 498 g/mol. The van der Waals surface area contributed by atoms with E-state index in [1.165, 1.54) is 0 Å². The Labute approximate surface area is 181 Å². The zero-order valence-electron chi connectivity index (χ0n) is 16.1. The second kappa shape index (κ2) is 15.0. The highest BCUT2D eigenvalue weighted by Crippen LogP contribution is 2.20. The van der Waals surface area contributed by atoms with E-state index in [4.69, 9.17) is 20.6 Å². The Balaban J connectivity index is 2.00. The number of halogens is 1. The van der Waals surface area contributed by atoms with Crippen molar-refractivity contribution in [2.45, 2.75) is 44.9 Å². The molecule has 0 aliphatic rings. The molecule has 0 spiro atoms. The first kappa shape index (κ1) is 24.0. The third kappa shape index (κ3) is 11.7. The fourth-order valence-corrected chi connectivity index (χ4v) is 2.84. The number of para-hydroxylation sites is 1. The number of hydrogen-bond donors (Lipinski definition) is 0. The van der Waals surface area contributed by atoms with E-state index in [0.717, 1.165) is 41.4 Å². The number of hydrogen-bond acceptors (Lipinski definition) is 5. The van der Waals surface area contributed by atoms with Crippen molar-refractivity contribution in [3.63, 3.8) is 0 Å². The number of unbranched alkanes of at least 4 members (excludes halogenated alkanes) is 4. The largest absolute Gasteiger partial charge is 0.488 e. The highest BCUT2D eigenvalue weighted by molar-refractivity contribution is 14.1. The molecule has 0 aromatic heterocycles. The van der Waals surface area contributed by atoms with Gasteiger partial charge in [-0.25, -0.2) is 0 Å². The zero-order valence-corrected chi connectivity index (χ0v) is 18.2. The summed E-state index contributed by atoms with van der Waals surface area (Å²) in [6.45, 7) is 4.40. The average molecular weight is 498 g/mol. The zero-order chi connectivity index (χ0) is 20.6. The number of carbonyl (C=O) groups is 2. The van der Waals surface area contributed by atoms with Gasteiger partial charge < -0.3 is 14.2 Å². The van der Waals surface area contributed by atoms with Gasteiger partial charge in [0.15, 0.2) is 6.61 Å². The molecule has 0 N–H and O–H groups in total. The van der Waals surface area contributed by atoms with Gasteiger partial charge >= 0.3 is 11.9 Å². The van der Waals surface area contributed by atoms with E-state index in [2.05, 4.69) is 35.1 Å². The van der Waals surface area contributed by atoms with E-state index in [1.54, 1.807) is 0 Å². The minimum atomic E-state index is -0.257. The first-order valence-electron chi connectivity index (χ1n) is 9.31. The topological polar surface area (TPSA) is 61.8 Å². The van der Waals surface area contributed by atoms with Gasteiger partial charge in [-0.2, -0.15) is 0 Å². The molecule has 0 unspecified atom stereocenters. The quantitative estimate of drug-likeness (QED) is 0.123. The van der Waals surface area contributed by atoms with Crippen LogP contribution in [0.4, 0.5) is 0 Å². The van der Waals surface area contributed by atoms with Crippen LogP contribution in [0.15, 0.2) is 36.4 Å². The van der Waals surface area contributed by atoms with Crippen LogP contribution in [0.1, 0.15) is 44.9 Å². The maximum absolute atomic E-state index is 11.8. The van der Waals surface area contributed by atoms with Crippen LogP contribution in [0.25, 0.3) is 0 Å². The van der Waals surface area contributed by atoms with E-state index < -0.39 is 0 Å². The van der Waals surface area contributed by atoms with E-state index in [1.807, 2.05) is 24.3 Å². The Kier molecular flexibility index (Phi) is 12.9. The van der Waals surface area contributed by atoms with Gasteiger partial charge in [0.2, 0.25) is 0 Å². The summed E-state index contributed by atoms with van der Waals surface area (Å²) < 4.78 is 16.7. The standard InChI is InChI=1S/C22H27IO5/c1-3-15-26-21(24)13-7-5-4-6-8-14-22(25)28-17-18(2)16-27-20-12-10-9-11-19(20)23/h1,9-12H,2,4-8,13-17H2. The Morgan fingerprint density at radius 3 is 2.21 bits per heavy atom. The molecule has 0 fully saturated rings. The summed E-state index contributed by atoms with van der Waals surface area (Å²) in [6.07, 6.45) is 10.1. The third-order valence-electron chi connectivity index (χ3n) is 3.78. The van der Waals surface area contributed by atoms with E-state index in [0.29, 0.717) is 25.0 Å². The molecule has 1 aromatic rings. The fraction of sp³-hybridized carbons (Fsp3) is 0.455. The molecular formula is C22H27IO5. The molecule has 152 valence electrons. The van der Waals surface area contributed by atoms with Crippen molar-refractivity contribution in [3.05, 3.63) is 40.0 Å². The van der Waals surface area contributed by atoms with E-state index in [9.17, 15) is 9.59 Å². The Hall–Kier alpha value is -2.01. The van der Waals surface area contributed by atoms with Crippen LogP contribution in [-0.4, -0.2) is 31.8 Å². The predicted molar refractivity (Wildman–Crippen MR) is 117 cm³/mol. The third-order valence-corrected chi connectivity index (χ3v) is 4.68. The number of esters is 2. The Morgan fingerprint density at radius 2 is 1.57 bits per heavy atom. The minimum Gasteiger partial charge on any atom is -0.488 e. The van der Waals surface area contributed by atoms with Gasteiger partial charge in [0.1, 0.15) is 19.0 Å². The van der Waals surface area contributed by atoms with Crippen LogP contribution in [0, 0.1) is 15.9 Å². The minimum absolute atomic E-state index is 0.0328. The van der Waals surface area contributed by atoms with Crippen molar-refractivity contribution in [1.29, 1.82) is 0 Å².